The van der Waals surface area contributed by atoms with Gasteiger partial charge in [0.1, 0.15) is 18.1 Å². The molecule has 1 atom stereocenters. The van der Waals surface area contributed by atoms with Gasteiger partial charge in [-0.15, -0.1) is 0 Å². The summed E-state index contributed by atoms with van der Waals surface area (Å²) in [6.45, 7) is 2.58. The van der Waals surface area contributed by atoms with Gasteiger partial charge in [0.05, 0.1) is 11.6 Å². The van der Waals surface area contributed by atoms with Crippen molar-refractivity contribution in [3.8, 4) is 11.5 Å². The summed E-state index contributed by atoms with van der Waals surface area (Å²) in [6.07, 6.45) is -0.00805. The summed E-state index contributed by atoms with van der Waals surface area (Å²) in [5.41, 5.74) is 0. The van der Waals surface area contributed by atoms with Gasteiger partial charge in [0, 0.05) is 5.02 Å². The number of carbonyl (C=O) groups excluding carboxylic acids is 1. The van der Waals surface area contributed by atoms with Crippen LogP contribution in [0, 0.1) is 0 Å². The molecule has 0 aliphatic heterocycles. The fourth-order valence-electron chi connectivity index (χ4n) is 2.01. The molecule has 128 valence electrons. The van der Waals surface area contributed by atoms with Crippen molar-refractivity contribution in [2.45, 2.75) is 19.4 Å². The number of amides is 1. The first-order valence-corrected chi connectivity index (χ1v) is 8.43. The highest BCUT2D eigenvalue weighted by atomic mass is 35.5. The van der Waals surface area contributed by atoms with E-state index in [1.807, 2.05) is 19.1 Å². The molecule has 2 aromatic carbocycles. The molecule has 6 heteroatoms. The summed E-state index contributed by atoms with van der Waals surface area (Å²) in [5, 5.41) is 3.96. The number of halogens is 2. The molecule has 0 unspecified atom stereocenters. The molecule has 2 aromatic rings. The van der Waals surface area contributed by atoms with Gasteiger partial charge in [0.25, 0.3) is 5.91 Å². The molecule has 1 N–H and O–H groups in total. The van der Waals surface area contributed by atoms with E-state index in [0.29, 0.717) is 41.1 Å². The molecule has 1 amide bonds. The lowest BCUT2D eigenvalue weighted by atomic mass is 10.2. The summed E-state index contributed by atoms with van der Waals surface area (Å²) in [6, 6.07) is 14.1. The molecule has 0 saturated carbocycles. The molecular weight excluding hydrogens is 349 g/mol. The number of ether oxygens (including phenoxy) is 2. The Morgan fingerprint density at radius 3 is 2.50 bits per heavy atom. The van der Waals surface area contributed by atoms with Crippen molar-refractivity contribution < 1.29 is 14.3 Å². The maximum absolute atomic E-state index is 12.2. The van der Waals surface area contributed by atoms with Crippen LogP contribution in [0.15, 0.2) is 48.5 Å². The van der Waals surface area contributed by atoms with Crippen LogP contribution >= 0.6 is 23.2 Å². The molecule has 0 aliphatic carbocycles. The van der Waals surface area contributed by atoms with E-state index in [4.69, 9.17) is 32.7 Å². The van der Waals surface area contributed by atoms with E-state index >= 15 is 0 Å². The van der Waals surface area contributed by atoms with Crippen LogP contribution in [0.4, 0.5) is 0 Å². The molecular formula is C18H19Cl2NO3. The van der Waals surface area contributed by atoms with Crippen molar-refractivity contribution in [3.05, 3.63) is 58.6 Å². The molecule has 0 heterocycles. The zero-order valence-corrected chi connectivity index (χ0v) is 14.8. The van der Waals surface area contributed by atoms with Crippen molar-refractivity contribution in [2.75, 3.05) is 13.2 Å². The number of rotatable bonds is 8. The Balaban J connectivity index is 1.77. The van der Waals surface area contributed by atoms with Gasteiger partial charge in [-0.25, -0.2) is 0 Å². The fraction of sp³-hybridized carbons (Fsp3) is 0.278. The molecule has 0 saturated heterocycles. The van der Waals surface area contributed by atoms with Crippen LogP contribution in [0.2, 0.25) is 10.0 Å². The zero-order valence-electron chi connectivity index (χ0n) is 13.3. The minimum Gasteiger partial charge on any atom is -0.490 e. The molecule has 0 fully saturated rings. The predicted octanol–water partition coefficient (Wildman–Crippen LogP) is 4.35. The molecule has 0 aromatic heterocycles. The smallest absolute Gasteiger partial charge is 0.261 e. The third kappa shape index (κ3) is 5.62. The Labute approximate surface area is 151 Å². The normalized spacial score (nSPS) is 11.6. The van der Waals surface area contributed by atoms with E-state index in [-0.39, 0.29) is 5.91 Å². The first-order valence-electron chi connectivity index (χ1n) is 7.67. The molecule has 24 heavy (non-hydrogen) atoms. The highest BCUT2D eigenvalue weighted by Gasteiger charge is 2.17. The van der Waals surface area contributed by atoms with Crippen molar-refractivity contribution >= 4 is 29.1 Å². The lowest BCUT2D eigenvalue weighted by Gasteiger charge is -2.17. The molecule has 4 nitrogen and oxygen atoms in total. The molecule has 2 rings (SSSR count). The summed E-state index contributed by atoms with van der Waals surface area (Å²) < 4.78 is 11.2. The highest BCUT2D eigenvalue weighted by molar-refractivity contribution is 6.32. The van der Waals surface area contributed by atoms with Crippen molar-refractivity contribution in [1.29, 1.82) is 0 Å². The van der Waals surface area contributed by atoms with Crippen molar-refractivity contribution in [2.24, 2.45) is 0 Å². The van der Waals surface area contributed by atoms with Crippen LogP contribution in [0.1, 0.15) is 13.3 Å². The maximum atomic E-state index is 12.2. The van der Waals surface area contributed by atoms with Gasteiger partial charge in [-0.05, 0) is 42.8 Å². The predicted molar refractivity (Wildman–Crippen MR) is 96.1 cm³/mol. The number of benzene rings is 2. The average molecular weight is 368 g/mol. The monoisotopic (exact) mass is 367 g/mol. The lowest BCUT2D eigenvalue weighted by molar-refractivity contribution is -0.128. The van der Waals surface area contributed by atoms with E-state index in [1.54, 1.807) is 36.4 Å². The Kier molecular flexibility index (Phi) is 7.22. The first-order chi connectivity index (χ1) is 11.6. The van der Waals surface area contributed by atoms with Gasteiger partial charge in [-0.3, -0.25) is 4.79 Å². The number of carbonyl (C=O) groups is 1. The van der Waals surface area contributed by atoms with E-state index < -0.39 is 6.10 Å². The van der Waals surface area contributed by atoms with Gasteiger partial charge in [0.2, 0.25) is 0 Å². The maximum Gasteiger partial charge on any atom is 0.261 e. The van der Waals surface area contributed by atoms with Crippen LogP contribution in [0.3, 0.4) is 0 Å². The van der Waals surface area contributed by atoms with Gasteiger partial charge < -0.3 is 14.8 Å². The second-order valence-corrected chi connectivity index (χ2v) is 5.88. The minimum absolute atomic E-state index is 0.185. The number of hydrogen-bond donors (Lipinski definition) is 1. The topological polar surface area (TPSA) is 47.6 Å². The molecule has 0 bridgehead atoms. The van der Waals surface area contributed by atoms with Crippen LogP contribution in [-0.4, -0.2) is 25.2 Å². The number of para-hydroxylation sites is 1. The van der Waals surface area contributed by atoms with Gasteiger partial charge in [0.15, 0.2) is 6.10 Å². The fourth-order valence-corrected chi connectivity index (χ4v) is 2.33. The number of nitrogens with one attached hydrogen (secondary N) is 1. The molecule has 0 spiro atoms. The van der Waals surface area contributed by atoms with Crippen LogP contribution < -0.4 is 14.8 Å². The summed E-state index contributed by atoms with van der Waals surface area (Å²) in [7, 11) is 0. The Bertz CT molecular complexity index is 662. The van der Waals surface area contributed by atoms with Gasteiger partial charge >= 0.3 is 0 Å². The van der Waals surface area contributed by atoms with Crippen LogP contribution in [-0.2, 0) is 4.79 Å². The third-order valence-corrected chi connectivity index (χ3v) is 3.81. The Morgan fingerprint density at radius 2 is 1.83 bits per heavy atom. The lowest BCUT2D eigenvalue weighted by Crippen LogP contribution is -2.39. The third-order valence-electron chi connectivity index (χ3n) is 3.25. The van der Waals surface area contributed by atoms with E-state index in [9.17, 15) is 4.79 Å². The highest BCUT2D eigenvalue weighted by Crippen LogP contribution is 2.22. The summed E-state index contributed by atoms with van der Waals surface area (Å²) in [5.74, 6) is 1.02. The second-order valence-electron chi connectivity index (χ2n) is 5.04. The van der Waals surface area contributed by atoms with E-state index in [1.165, 1.54) is 0 Å². The zero-order chi connectivity index (χ0) is 17.4. The Morgan fingerprint density at radius 1 is 1.12 bits per heavy atom. The summed E-state index contributed by atoms with van der Waals surface area (Å²) in [4.78, 5) is 12.2. The minimum atomic E-state index is -0.563. The Hall–Kier alpha value is -1.91. The SMILES string of the molecule is CC[C@@H](Oc1ccc(Cl)cc1)C(=O)NCCOc1ccccc1Cl. The van der Waals surface area contributed by atoms with Gasteiger partial charge in [-0.2, -0.15) is 0 Å². The largest absolute Gasteiger partial charge is 0.490 e. The summed E-state index contributed by atoms with van der Waals surface area (Å²) >= 11 is 11.8. The van der Waals surface area contributed by atoms with E-state index in [2.05, 4.69) is 5.32 Å². The molecule has 0 aliphatic rings. The first kappa shape index (κ1) is 18.4. The average Bonchev–Trinajstić information content (AvgIpc) is 2.59. The van der Waals surface area contributed by atoms with Crippen molar-refractivity contribution in [3.63, 3.8) is 0 Å². The van der Waals surface area contributed by atoms with Crippen LogP contribution in [0.25, 0.3) is 0 Å². The number of hydrogen-bond acceptors (Lipinski definition) is 3. The quantitative estimate of drug-likeness (QED) is 0.705. The van der Waals surface area contributed by atoms with E-state index in [0.717, 1.165) is 0 Å². The standard InChI is InChI=1S/C18H19Cl2NO3/c1-2-16(24-14-9-7-13(19)8-10-14)18(22)21-11-12-23-17-6-4-3-5-15(17)20/h3-10,16H,2,11-12H2,1H3,(H,21,22)/t16-/m1/s1. The van der Waals surface area contributed by atoms with Gasteiger partial charge in [-0.1, -0.05) is 42.3 Å². The second kappa shape index (κ2) is 9.40. The molecule has 0 radical (unpaired) electrons. The van der Waals surface area contributed by atoms with Crippen LogP contribution in [0.5, 0.6) is 11.5 Å². The van der Waals surface area contributed by atoms with Crippen molar-refractivity contribution in [1.82, 2.24) is 5.32 Å².